The van der Waals surface area contributed by atoms with Crippen LogP contribution in [0.25, 0.3) is 17.8 Å². The summed E-state index contributed by atoms with van der Waals surface area (Å²) in [5, 5.41) is 11.7. The number of methoxy groups -OCH3 is 1. The van der Waals surface area contributed by atoms with Crippen molar-refractivity contribution >= 4 is 24.0 Å². The lowest BCUT2D eigenvalue weighted by Gasteiger charge is -2.32. The van der Waals surface area contributed by atoms with Gasteiger partial charge in [0.2, 0.25) is 0 Å². The highest BCUT2D eigenvalue weighted by molar-refractivity contribution is 5.73. The average Bonchev–Trinajstić information content (AvgIpc) is 2.98. The molecule has 2 amide bonds. The second kappa shape index (κ2) is 13.4. The number of nitrogens with zero attached hydrogens (tertiary/aromatic N) is 3. The zero-order valence-corrected chi connectivity index (χ0v) is 23.1. The number of ether oxygens (including phenoxy) is 1. The molecule has 0 spiro atoms. The minimum atomic E-state index is -0.246. The van der Waals surface area contributed by atoms with Gasteiger partial charge in [-0.15, -0.1) is 0 Å². The monoisotopic (exact) mass is 542 g/mol. The summed E-state index contributed by atoms with van der Waals surface area (Å²) in [6.45, 7) is 4.21. The van der Waals surface area contributed by atoms with E-state index in [-0.39, 0.29) is 17.6 Å². The van der Waals surface area contributed by atoms with E-state index in [4.69, 9.17) is 4.74 Å². The molecule has 1 aromatic heterocycles. The van der Waals surface area contributed by atoms with Crippen molar-refractivity contribution in [3.05, 3.63) is 86.8 Å². The summed E-state index contributed by atoms with van der Waals surface area (Å²) in [7, 11) is 1.59. The molecule has 5 rings (SSSR count). The van der Waals surface area contributed by atoms with E-state index in [1.165, 1.54) is 16.0 Å². The van der Waals surface area contributed by atoms with E-state index >= 15 is 0 Å². The molecule has 40 heavy (non-hydrogen) atoms. The number of urea groups is 1. The van der Waals surface area contributed by atoms with Crippen LogP contribution in [-0.4, -0.2) is 59.9 Å². The number of anilines is 1. The van der Waals surface area contributed by atoms with E-state index in [9.17, 15) is 9.59 Å². The maximum Gasteiger partial charge on any atom is 0.315 e. The Balaban J connectivity index is 1.14. The van der Waals surface area contributed by atoms with Gasteiger partial charge in [-0.3, -0.25) is 14.3 Å². The SMILES string of the molecule is COCCNC(=O)NCc1ccc(-n2ccnc(NC3CCN(Cc4ccc5c(c4)=CCCC=5)CC3)c2=O)cc1. The Bertz CT molecular complexity index is 1480. The number of hydrogen-bond donors (Lipinski definition) is 3. The fourth-order valence-corrected chi connectivity index (χ4v) is 5.25. The highest BCUT2D eigenvalue weighted by Gasteiger charge is 2.21. The Kier molecular flexibility index (Phi) is 9.26. The van der Waals surface area contributed by atoms with Gasteiger partial charge in [-0.25, -0.2) is 9.78 Å². The summed E-state index contributed by atoms with van der Waals surface area (Å²) in [4.78, 5) is 31.9. The van der Waals surface area contributed by atoms with Crippen LogP contribution in [0.3, 0.4) is 0 Å². The summed E-state index contributed by atoms with van der Waals surface area (Å²) < 4.78 is 6.53. The molecule has 9 heteroatoms. The van der Waals surface area contributed by atoms with E-state index in [1.807, 2.05) is 24.3 Å². The number of carbonyl (C=O) groups excluding carboxylic acids is 1. The van der Waals surface area contributed by atoms with Crippen LogP contribution in [0, 0.1) is 0 Å². The third-order valence-corrected chi connectivity index (χ3v) is 7.48. The van der Waals surface area contributed by atoms with Crippen molar-refractivity contribution in [1.29, 1.82) is 0 Å². The molecule has 2 aromatic carbocycles. The van der Waals surface area contributed by atoms with E-state index in [0.717, 1.165) is 56.6 Å². The quantitative estimate of drug-likeness (QED) is 0.340. The summed E-state index contributed by atoms with van der Waals surface area (Å²) in [6.07, 6.45) is 12.2. The fourth-order valence-electron chi connectivity index (χ4n) is 5.25. The molecule has 2 heterocycles. The lowest BCUT2D eigenvalue weighted by Crippen LogP contribution is -2.40. The molecule has 0 bridgehead atoms. The first-order valence-electron chi connectivity index (χ1n) is 14.0. The highest BCUT2D eigenvalue weighted by atomic mass is 16.5. The topological polar surface area (TPSA) is 101 Å². The number of fused-ring (bicyclic) bond motifs is 1. The fraction of sp³-hybridized carbons (Fsp3) is 0.387. The van der Waals surface area contributed by atoms with Crippen molar-refractivity contribution in [2.24, 2.45) is 0 Å². The minimum Gasteiger partial charge on any atom is -0.383 e. The Labute approximate surface area is 234 Å². The van der Waals surface area contributed by atoms with Crippen LogP contribution in [-0.2, 0) is 17.8 Å². The Hall–Kier alpha value is -3.95. The first kappa shape index (κ1) is 27.6. The number of hydrogen-bond acceptors (Lipinski definition) is 6. The number of nitrogens with one attached hydrogen (secondary N) is 3. The first-order valence-corrected chi connectivity index (χ1v) is 14.0. The van der Waals surface area contributed by atoms with Crippen LogP contribution in [0.2, 0.25) is 0 Å². The number of rotatable bonds is 10. The maximum atomic E-state index is 13.2. The van der Waals surface area contributed by atoms with E-state index < -0.39 is 0 Å². The van der Waals surface area contributed by atoms with Gasteiger partial charge in [0.05, 0.1) is 6.61 Å². The number of amides is 2. The zero-order chi connectivity index (χ0) is 27.7. The maximum absolute atomic E-state index is 13.2. The molecule has 1 saturated heterocycles. The molecule has 0 unspecified atom stereocenters. The van der Waals surface area contributed by atoms with Gasteiger partial charge in [0.25, 0.3) is 5.56 Å². The normalized spacial score (nSPS) is 15.4. The Morgan fingerprint density at radius 3 is 2.52 bits per heavy atom. The standard InChI is InChI=1S/C31H38N6O3/c1-40-19-15-33-31(39)34-21-23-7-10-28(11-8-23)37-18-14-32-29(30(37)38)35-27-12-16-36(17-13-27)22-24-6-9-25-4-2-3-5-26(25)20-24/h4-11,14,18,20,27H,2-3,12-13,15-17,19,21-22H2,1H3,(H,32,35)(H2,33,34,39). The van der Waals surface area contributed by atoms with Gasteiger partial charge >= 0.3 is 6.03 Å². The molecule has 1 aliphatic carbocycles. The summed E-state index contributed by atoms with van der Waals surface area (Å²) >= 11 is 0. The number of likely N-dealkylation sites (tertiary alicyclic amines) is 1. The van der Waals surface area contributed by atoms with Gasteiger partial charge in [-0.1, -0.05) is 42.5 Å². The predicted molar refractivity (Wildman–Crippen MR) is 158 cm³/mol. The highest BCUT2D eigenvalue weighted by Crippen LogP contribution is 2.16. The smallest absolute Gasteiger partial charge is 0.315 e. The molecule has 0 saturated carbocycles. The second-order valence-corrected chi connectivity index (χ2v) is 10.4. The number of aromatic nitrogens is 2. The second-order valence-electron chi connectivity index (χ2n) is 10.4. The van der Waals surface area contributed by atoms with Crippen molar-refractivity contribution in [2.45, 2.75) is 44.8 Å². The minimum absolute atomic E-state index is 0.171. The van der Waals surface area contributed by atoms with Crippen molar-refractivity contribution in [3.63, 3.8) is 0 Å². The van der Waals surface area contributed by atoms with Crippen molar-refractivity contribution in [3.8, 4) is 5.69 Å². The number of carbonyl (C=O) groups is 1. The van der Waals surface area contributed by atoms with Crippen molar-refractivity contribution in [1.82, 2.24) is 25.1 Å². The van der Waals surface area contributed by atoms with Gasteiger partial charge in [0.1, 0.15) is 0 Å². The molecule has 0 atom stereocenters. The summed E-state index contributed by atoms with van der Waals surface area (Å²) in [5.41, 5.74) is 2.87. The lowest BCUT2D eigenvalue weighted by molar-refractivity contribution is 0.196. The first-order chi connectivity index (χ1) is 19.6. The summed E-state index contributed by atoms with van der Waals surface area (Å²) in [6, 6.07) is 14.3. The van der Waals surface area contributed by atoms with E-state index in [1.54, 1.807) is 24.1 Å². The van der Waals surface area contributed by atoms with Crippen LogP contribution in [0.15, 0.2) is 59.7 Å². The molecule has 1 aliphatic heterocycles. The van der Waals surface area contributed by atoms with Crippen LogP contribution in [0.1, 0.15) is 36.8 Å². The van der Waals surface area contributed by atoms with Gasteiger partial charge < -0.3 is 20.7 Å². The molecule has 1 fully saturated rings. The number of benzene rings is 2. The van der Waals surface area contributed by atoms with Gasteiger partial charge in [-0.05, 0) is 59.4 Å². The van der Waals surface area contributed by atoms with Crippen LogP contribution < -0.4 is 31.9 Å². The predicted octanol–water partition coefficient (Wildman–Crippen LogP) is 2.11. The van der Waals surface area contributed by atoms with E-state index in [0.29, 0.717) is 25.5 Å². The van der Waals surface area contributed by atoms with Crippen LogP contribution in [0.5, 0.6) is 0 Å². The van der Waals surface area contributed by atoms with Gasteiger partial charge in [0, 0.05) is 64.0 Å². The van der Waals surface area contributed by atoms with Crippen LogP contribution >= 0.6 is 0 Å². The Morgan fingerprint density at radius 1 is 1.00 bits per heavy atom. The van der Waals surface area contributed by atoms with Gasteiger partial charge in [0.15, 0.2) is 5.82 Å². The third-order valence-electron chi connectivity index (χ3n) is 7.48. The Morgan fingerprint density at radius 2 is 1.75 bits per heavy atom. The van der Waals surface area contributed by atoms with Crippen LogP contribution in [0.4, 0.5) is 10.6 Å². The third kappa shape index (κ3) is 7.16. The molecule has 0 radical (unpaired) electrons. The molecule has 210 valence electrons. The number of piperidine rings is 1. The molecule has 3 aromatic rings. The molecule has 3 N–H and O–H groups in total. The van der Waals surface area contributed by atoms with Crippen molar-refractivity contribution in [2.75, 3.05) is 38.7 Å². The zero-order valence-electron chi connectivity index (χ0n) is 23.1. The van der Waals surface area contributed by atoms with Gasteiger partial charge in [-0.2, -0.15) is 0 Å². The molecule has 9 nitrogen and oxygen atoms in total. The molecular formula is C31H38N6O3. The largest absolute Gasteiger partial charge is 0.383 e. The molecular weight excluding hydrogens is 504 g/mol. The average molecular weight is 543 g/mol. The lowest BCUT2D eigenvalue weighted by atomic mass is 10.0. The van der Waals surface area contributed by atoms with E-state index in [2.05, 4.69) is 56.2 Å². The summed E-state index contributed by atoms with van der Waals surface area (Å²) in [5.74, 6) is 0.376. The van der Waals surface area contributed by atoms with Crippen molar-refractivity contribution < 1.29 is 9.53 Å². The molecule has 2 aliphatic rings.